The summed E-state index contributed by atoms with van der Waals surface area (Å²) in [6, 6.07) is 21.4. The van der Waals surface area contributed by atoms with Gasteiger partial charge in [0.05, 0.1) is 24.3 Å². The van der Waals surface area contributed by atoms with E-state index in [-0.39, 0.29) is 10.8 Å². The second-order valence-corrected chi connectivity index (χ2v) is 14.2. The van der Waals surface area contributed by atoms with E-state index >= 15 is 0 Å². The van der Waals surface area contributed by atoms with Crippen LogP contribution in [-0.2, 0) is 52.8 Å². The van der Waals surface area contributed by atoms with Crippen LogP contribution in [0.15, 0.2) is 88.0 Å². The lowest BCUT2D eigenvalue weighted by Gasteiger charge is -2.13. The summed E-state index contributed by atoms with van der Waals surface area (Å²) in [6.07, 6.45) is 4.22. The number of carbonyl (C=O) groups excluding carboxylic acids is 2. The van der Waals surface area contributed by atoms with E-state index in [0.29, 0.717) is 21.8 Å². The maximum Gasteiger partial charge on any atom is 0.325 e. The highest BCUT2D eigenvalue weighted by Gasteiger charge is 2.20. The summed E-state index contributed by atoms with van der Waals surface area (Å²) in [5, 5.41) is 27.1. The van der Waals surface area contributed by atoms with Crippen LogP contribution in [0.2, 0.25) is 0 Å². The highest BCUT2D eigenvalue weighted by atomic mass is 32.2. The summed E-state index contributed by atoms with van der Waals surface area (Å²) in [5.74, 6) is -1.57. The predicted molar refractivity (Wildman–Crippen MR) is 195 cm³/mol. The molecule has 0 atom stereocenters. The lowest BCUT2D eigenvalue weighted by atomic mass is 10.0. The van der Waals surface area contributed by atoms with Crippen molar-refractivity contribution in [3.05, 3.63) is 88.8 Å². The van der Waals surface area contributed by atoms with Gasteiger partial charge in [0, 0.05) is 25.0 Å². The first kappa shape index (κ1) is 48.3. The van der Waals surface area contributed by atoms with Crippen LogP contribution in [0.4, 0.5) is 0 Å². The molecular formula is C31H39N5O11S4. The second-order valence-electron chi connectivity index (χ2n) is 8.67. The number of oxime groups is 2. The summed E-state index contributed by atoms with van der Waals surface area (Å²) in [6.45, 7) is 10.0. The van der Waals surface area contributed by atoms with Gasteiger partial charge in [0.25, 0.3) is 21.9 Å². The zero-order chi connectivity index (χ0) is 39.8. The Balaban J connectivity index is 0. The molecule has 20 heteroatoms. The summed E-state index contributed by atoms with van der Waals surface area (Å²) >= 11 is 1.20. The number of nitrogens with zero attached hydrogens (tertiary/aromatic N) is 5. The van der Waals surface area contributed by atoms with Gasteiger partial charge >= 0.3 is 20.2 Å². The molecule has 0 saturated heterocycles. The van der Waals surface area contributed by atoms with Gasteiger partial charge in [-0.15, -0.1) is 9.35 Å². The van der Waals surface area contributed by atoms with Gasteiger partial charge in [-0.3, -0.25) is 18.2 Å². The molecule has 0 spiro atoms. The number of allylic oxidation sites excluding steroid dienone is 2. The molecule has 1 heterocycles. The predicted octanol–water partition coefficient (Wildman–Crippen LogP) is 4.73. The topological polar surface area (TPSA) is 240 Å². The Hall–Kier alpha value is -4.86. The van der Waals surface area contributed by atoms with Crippen LogP contribution >= 0.6 is 11.8 Å². The summed E-state index contributed by atoms with van der Waals surface area (Å²) in [4.78, 5) is 21.2. The molecule has 0 saturated carbocycles. The van der Waals surface area contributed by atoms with Crippen LogP contribution in [-0.4, -0.2) is 71.7 Å². The Labute approximate surface area is 304 Å². The smallest absolute Gasteiger partial charge is 0.272 e. The van der Waals surface area contributed by atoms with Gasteiger partial charge in [-0.1, -0.05) is 110 Å². The first-order chi connectivity index (χ1) is 23.8. The molecule has 3 rings (SSSR count). The van der Waals surface area contributed by atoms with Crippen molar-refractivity contribution < 1.29 is 47.7 Å². The van der Waals surface area contributed by atoms with E-state index in [1.807, 2.05) is 45.9 Å². The van der Waals surface area contributed by atoms with Gasteiger partial charge < -0.3 is 0 Å². The minimum absolute atomic E-state index is 0.0824. The average molecular weight is 786 g/mol. The van der Waals surface area contributed by atoms with Crippen molar-refractivity contribution in [1.29, 1.82) is 10.5 Å². The number of thioether (sulfide) groups is 1. The lowest BCUT2D eigenvalue weighted by Crippen LogP contribution is -2.35. The zero-order valence-electron chi connectivity index (χ0n) is 29.3. The van der Waals surface area contributed by atoms with E-state index in [9.17, 15) is 40.1 Å². The molecule has 0 fully saturated rings. The first-order valence-electron chi connectivity index (χ1n) is 14.4. The zero-order valence-corrected chi connectivity index (χ0v) is 32.6. The van der Waals surface area contributed by atoms with Crippen LogP contribution in [0.1, 0.15) is 52.7 Å². The number of nitriles is 2. The molecule has 16 nitrogen and oxygen atoms in total. The Morgan fingerprint density at radius 1 is 0.706 bits per heavy atom. The number of benzene rings is 2. The normalized spacial score (nSPS) is 13.7. The standard InChI is InChI=1S/C13H10N2O3S2.C9H8N2O3S.C5H9NO5S.2C2H6/c1-20(16,17)18-15-13-11(7-8-19-13)12(9-14)10-5-3-2-4-6-10;1-15(12,13)14-11-9(7-10)8-5-3-2-4-6-8;1-4(7)6(5(2)8)11-12(3,9)10;2*1-2/h2-8H,1H3;2-6H,1H3;1-3H3;2*1-2H3/b12-11+,15-13?;11-9+;;;. The molecule has 2 aromatic rings. The van der Waals surface area contributed by atoms with Gasteiger partial charge in [0.2, 0.25) is 0 Å². The minimum Gasteiger partial charge on any atom is -0.272 e. The molecule has 1 aliphatic heterocycles. The van der Waals surface area contributed by atoms with Crippen molar-refractivity contribution >= 4 is 70.3 Å². The Bertz CT molecular complexity index is 1970. The van der Waals surface area contributed by atoms with Crippen molar-refractivity contribution in [1.82, 2.24) is 5.06 Å². The molecule has 0 unspecified atom stereocenters. The van der Waals surface area contributed by atoms with Crippen LogP contribution in [0.5, 0.6) is 0 Å². The SMILES string of the molecule is CC.CC.CC(=O)N(OS(C)(=O)=O)C(C)=O.CS(=O)(=O)O/N=C(\C#N)c1ccccc1.CS(=O)(=O)ON=C1SC=C/C1=C(/C#N)c1ccccc1. The molecule has 0 bridgehead atoms. The summed E-state index contributed by atoms with van der Waals surface area (Å²) < 4.78 is 76.9. The summed E-state index contributed by atoms with van der Waals surface area (Å²) in [5.41, 5.74) is 2.13. The minimum atomic E-state index is -3.83. The Kier molecular flexibility index (Phi) is 23.0. The van der Waals surface area contributed by atoms with Gasteiger partial charge in [-0.05, 0) is 17.0 Å². The van der Waals surface area contributed by atoms with Crippen molar-refractivity contribution in [3.8, 4) is 12.1 Å². The Morgan fingerprint density at radius 3 is 1.51 bits per heavy atom. The van der Waals surface area contributed by atoms with Crippen LogP contribution < -0.4 is 0 Å². The maximum atomic E-state index is 11.0. The highest BCUT2D eigenvalue weighted by Crippen LogP contribution is 2.30. The van der Waals surface area contributed by atoms with Gasteiger partial charge in [-0.2, -0.15) is 35.8 Å². The largest absolute Gasteiger partial charge is 0.325 e. The number of rotatable bonds is 8. The molecule has 278 valence electrons. The molecule has 51 heavy (non-hydrogen) atoms. The Morgan fingerprint density at radius 2 is 1.16 bits per heavy atom. The molecule has 0 aromatic heterocycles. The average Bonchev–Trinajstić information content (AvgIpc) is 3.54. The van der Waals surface area contributed by atoms with E-state index in [1.165, 1.54) is 11.8 Å². The summed E-state index contributed by atoms with van der Waals surface area (Å²) in [7, 11) is -11.2. The third-order valence-corrected chi connectivity index (χ3v) is 6.44. The number of amides is 2. The monoisotopic (exact) mass is 785 g/mol. The number of hydrogen-bond acceptors (Lipinski definition) is 16. The van der Waals surface area contributed by atoms with Crippen molar-refractivity contribution in [3.63, 3.8) is 0 Å². The van der Waals surface area contributed by atoms with E-state index in [4.69, 9.17) is 5.26 Å². The molecule has 2 amide bonds. The number of hydrogen-bond donors (Lipinski definition) is 0. The molecular weight excluding hydrogens is 747 g/mol. The highest BCUT2D eigenvalue weighted by molar-refractivity contribution is 8.17. The van der Waals surface area contributed by atoms with Crippen molar-refractivity contribution in [2.24, 2.45) is 10.3 Å². The fourth-order valence-electron chi connectivity index (χ4n) is 2.85. The second kappa shape index (κ2) is 24.3. The van der Waals surface area contributed by atoms with Gasteiger partial charge in [-0.25, -0.2) is 0 Å². The quantitative estimate of drug-likeness (QED) is 0.200. The number of hydroxylamine groups is 2. The van der Waals surface area contributed by atoms with E-state index in [1.54, 1.807) is 60.0 Å². The van der Waals surface area contributed by atoms with Crippen LogP contribution in [0, 0.1) is 22.7 Å². The molecule has 0 N–H and O–H groups in total. The molecule has 0 aliphatic carbocycles. The van der Waals surface area contributed by atoms with E-state index < -0.39 is 42.2 Å². The molecule has 2 aromatic carbocycles. The fraction of sp³-hybridized carbons (Fsp3) is 0.290. The van der Waals surface area contributed by atoms with Crippen LogP contribution in [0.3, 0.4) is 0 Å². The van der Waals surface area contributed by atoms with Crippen LogP contribution in [0.25, 0.3) is 5.57 Å². The van der Waals surface area contributed by atoms with E-state index in [2.05, 4.69) is 29.2 Å². The van der Waals surface area contributed by atoms with Gasteiger partial charge in [0.15, 0.2) is 5.71 Å². The van der Waals surface area contributed by atoms with Crippen molar-refractivity contribution in [2.75, 3.05) is 18.8 Å². The number of imide groups is 1. The fourth-order valence-corrected chi connectivity index (χ4v) is 4.51. The van der Waals surface area contributed by atoms with E-state index in [0.717, 1.165) is 38.2 Å². The van der Waals surface area contributed by atoms with Gasteiger partial charge in [0.1, 0.15) is 17.2 Å². The maximum absolute atomic E-state index is 11.0. The van der Waals surface area contributed by atoms with Crippen molar-refractivity contribution in [2.45, 2.75) is 41.5 Å². The third kappa shape index (κ3) is 21.8. The third-order valence-electron chi connectivity index (χ3n) is 4.54. The lowest BCUT2D eigenvalue weighted by molar-refractivity contribution is -0.168. The molecule has 1 aliphatic rings. The first-order valence-corrected chi connectivity index (χ1v) is 20.7. The molecule has 0 radical (unpaired) electrons. The number of carbonyl (C=O) groups is 2.